The lowest BCUT2D eigenvalue weighted by molar-refractivity contribution is -0.384. The largest absolute Gasteiger partial charge is 0.370 e. The summed E-state index contributed by atoms with van der Waals surface area (Å²) in [6, 6.07) is 8.05. The summed E-state index contributed by atoms with van der Waals surface area (Å²) >= 11 is 0. The van der Waals surface area contributed by atoms with Crippen LogP contribution in [0.5, 0.6) is 0 Å². The number of rotatable bonds is 4. The minimum atomic E-state index is -0.352. The second kappa shape index (κ2) is 7.27. The van der Waals surface area contributed by atoms with Crippen molar-refractivity contribution in [2.45, 2.75) is 56.7 Å². The molecule has 1 aromatic rings. The number of anilines is 1. The number of benzene rings is 1. The highest BCUT2D eigenvalue weighted by atomic mass is 16.6. The molecule has 0 amide bonds. The first kappa shape index (κ1) is 16.2. The van der Waals surface area contributed by atoms with Gasteiger partial charge in [0.15, 0.2) is 0 Å². The molecule has 126 valence electrons. The number of hydrogen-bond donors (Lipinski definition) is 2. The molecule has 6 nitrogen and oxygen atoms in total. The molecule has 1 aliphatic carbocycles. The predicted octanol–water partition coefficient (Wildman–Crippen LogP) is 2.42. The minimum absolute atomic E-state index is 0.147. The molecule has 0 aromatic heterocycles. The van der Waals surface area contributed by atoms with Gasteiger partial charge in [-0.05, 0) is 37.8 Å². The number of nitrogens with two attached hydrogens (primary N) is 1. The van der Waals surface area contributed by atoms with Crippen LogP contribution in [-0.4, -0.2) is 36.1 Å². The van der Waals surface area contributed by atoms with E-state index < -0.39 is 0 Å². The van der Waals surface area contributed by atoms with E-state index in [-0.39, 0.29) is 16.7 Å². The maximum atomic E-state index is 10.8. The Morgan fingerprint density at radius 1 is 1.13 bits per heavy atom. The first-order valence-corrected chi connectivity index (χ1v) is 8.64. The Bertz CT molecular complexity index is 534. The van der Waals surface area contributed by atoms with Crippen molar-refractivity contribution in [2.75, 3.05) is 18.0 Å². The number of piperidine rings is 1. The standard InChI is InChI=1S/C17H26N4O2/c18-16-5-1-2-6-17(16)19-13-4-3-11-20(12-13)14-7-9-15(10-8-14)21(22)23/h7-10,13,16-17,19H,1-6,11-12,18H2/t13?,16-,17-/m1/s1. The fourth-order valence-corrected chi connectivity index (χ4v) is 3.80. The van der Waals surface area contributed by atoms with Crippen molar-refractivity contribution in [3.63, 3.8) is 0 Å². The van der Waals surface area contributed by atoms with Crippen molar-refractivity contribution < 1.29 is 4.92 Å². The van der Waals surface area contributed by atoms with E-state index in [0.717, 1.165) is 31.6 Å². The summed E-state index contributed by atoms with van der Waals surface area (Å²) < 4.78 is 0. The number of nitrogens with zero attached hydrogens (tertiary/aromatic N) is 2. The van der Waals surface area contributed by atoms with Crippen molar-refractivity contribution in [1.82, 2.24) is 5.32 Å². The van der Waals surface area contributed by atoms with Crippen LogP contribution in [0, 0.1) is 10.1 Å². The number of non-ortho nitro benzene ring substituents is 1. The average Bonchev–Trinajstić information content (AvgIpc) is 2.57. The molecular formula is C17H26N4O2. The minimum Gasteiger partial charge on any atom is -0.370 e. The Labute approximate surface area is 137 Å². The molecule has 6 heteroatoms. The quantitative estimate of drug-likeness (QED) is 0.658. The zero-order chi connectivity index (χ0) is 16.2. The van der Waals surface area contributed by atoms with Crippen LogP contribution in [-0.2, 0) is 0 Å². The first-order valence-electron chi connectivity index (χ1n) is 8.64. The molecule has 0 spiro atoms. The summed E-state index contributed by atoms with van der Waals surface area (Å²) in [6.45, 7) is 1.95. The Hall–Kier alpha value is -1.66. The molecular weight excluding hydrogens is 292 g/mol. The smallest absolute Gasteiger partial charge is 0.269 e. The van der Waals surface area contributed by atoms with Crippen LogP contribution in [0.25, 0.3) is 0 Å². The van der Waals surface area contributed by atoms with Crippen LogP contribution in [0.4, 0.5) is 11.4 Å². The molecule has 3 rings (SSSR count). The zero-order valence-electron chi connectivity index (χ0n) is 13.5. The molecule has 1 unspecified atom stereocenters. The van der Waals surface area contributed by atoms with Crippen molar-refractivity contribution in [3.8, 4) is 0 Å². The van der Waals surface area contributed by atoms with Crippen molar-refractivity contribution in [3.05, 3.63) is 34.4 Å². The summed E-state index contributed by atoms with van der Waals surface area (Å²) in [6.07, 6.45) is 7.12. The normalized spacial score (nSPS) is 28.6. The summed E-state index contributed by atoms with van der Waals surface area (Å²) in [7, 11) is 0. The van der Waals surface area contributed by atoms with Crippen LogP contribution < -0.4 is 16.0 Å². The van der Waals surface area contributed by atoms with Crippen LogP contribution in [0.15, 0.2) is 24.3 Å². The van der Waals surface area contributed by atoms with E-state index in [9.17, 15) is 10.1 Å². The summed E-state index contributed by atoms with van der Waals surface area (Å²) in [4.78, 5) is 12.7. The lowest BCUT2D eigenvalue weighted by Gasteiger charge is -2.39. The van der Waals surface area contributed by atoms with E-state index in [4.69, 9.17) is 5.73 Å². The summed E-state index contributed by atoms with van der Waals surface area (Å²) in [5.41, 5.74) is 7.46. The van der Waals surface area contributed by atoms with Gasteiger partial charge in [0.2, 0.25) is 0 Å². The van der Waals surface area contributed by atoms with Crippen LogP contribution in [0.3, 0.4) is 0 Å². The van der Waals surface area contributed by atoms with Gasteiger partial charge in [-0.15, -0.1) is 0 Å². The number of hydrogen-bond acceptors (Lipinski definition) is 5. The third kappa shape index (κ3) is 4.00. The highest BCUT2D eigenvalue weighted by molar-refractivity contribution is 5.51. The monoisotopic (exact) mass is 318 g/mol. The molecule has 1 saturated carbocycles. The Morgan fingerprint density at radius 2 is 1.87 bits per heavy atom. The average molecular weight is 318 g/mol. The summed E-state index contributed by atoms with van der Waals surface area (Å²) in [5, 5.41) is 14.5. The second-order valence-corrected chi connectivity index (χ2v) is 6.78. The molecule has 3 N–H and O–H groups in total. The number of nitrogens with one attached hydrogen (secondary N) is 1. The SMILES string of the molecule is N[C@@H]1CCCC[C@H]1NC1CCCN(c2ccc([N+](=O)[O-])cc2)C1. The van der Waals surface area contributed by atoms with Crippen LogP contribution in [0.1, 0.15) is 38.5 Å². The molecule has 1 saturated heterocycles. The van der Waals surface area contributed by atoms with Crippen molar-refractivity contribution in [2.24, 2.45) is 5.73 Å². The van der Waals surface area contributed by atoms with E-state index in [0.29, 0.717) is 12.1 Å². The third-order valence-electron chi connectivity index (χ3n) is 5.12. The van der Waals surface area contributed by atoms with Crippen LogP contribution in [0.2, 0.25) is 0 Å². The van der Waals surface area contributed by atoms with Crippen molar-refractivity contribution in [1.29, 1.82) is 0 Å². The van der Waals surface area contributed by atoms with Gasteiger partial charge in [-0.1, -0.05) is 12.8 Å². The third-order valence-corrected chi connectivity index (χ3v) is 5.12. The molecule has 1 aliphatic heterocycles. The van der Waals surface area contributed by atoms with E-state index in [2.05, 4.69) is 10.2 Å². The Morgan fingerprint density at radius 3 is 2.57 bits per heavy atom. The topological polar surface area (TPSA) is 84.4 Å². The van der Waals surface area contributed by atoms with Crippen LogP contribution >= 0.6 is 0 Å². The predicted molar refractivity (Wildman–Crippen MR) is 91.7 cm³/mol. The first-order chi connectivity index (χ1) is 11.1. The van der Waals surface area contributed by atoms with Gasteiger partial charge >= 0.3 is 0 Å². The van der Waals surface area contributed by atoms with E-state index in [1.807, 2.05) is 12.1 Å². The fourth-order valence-electron chi connectivity index (χ4n) is 3.80. The maximum absolute atomic E-state index is 10.8. The zero-order valence-corrected chi connectivity index (χ0v) is 13.5. The molecule has 1 aromatic carbocycles. The summed E-state index contributed by atoms with van der Waals surface area (Å²) in [5.74, 6) is 0. The highest BCUT2D eigenvalue weighted by Crippen LogP contribution is 2.24. The maximum Gasteiger partial charge on any atom is 0.269 e. The van der Waals surface area contributed by atoms with Gasteiger partial charge in [0.25, 0.3) is 5.69 Å². The Balaban J connectivity index is 1.60. The number of nitro groups is 1. The van der Waals surface area contributed by atoms with Gasteiger partial charge in [-0.3, -0.25) is 10.1 Å². The molecule has 2 fully saturated rings. The molecule has 0 radical (unpaired) electrons. The van der Waals surface area contributed by atoms with Gasteiger partial charge in [0.05, 0.1) is 4.92 Å². The van der Waals surface area contributed by atoms with Crippen molar-refractivity contribution >= 4 is 11.4 Å². The van der Waals surface area contributed by atoms with E-state index in [1.165, 1.54) is 25.7 Å². The van der Waals surface area contributed by atoms with Gasteiger partial charge < -0.3 is 16.0 Å². The van der Waals surface area contributed by atoms with E-state index in [1.54, 1.807) is 12.1 Å². The lowest BCUT2D eigenvalue weighted by atomic mass is 9.89. The Kier molecular flexibility index (Phi) is 5.13. The number of nitro benzene ring substituents is 1. The molecule has 3 atom stereocenters. The fraction of sp³-hybridized carbons (Fsp3) is 0.647. The second-order valence-electron chi connectivity index (χ2n) is 6.78. The van der Waals surface area contributed by atoms with Gasteiger partial charge in [-0.2, -0.15) is 0 Å². The van der Waals surface area contributed by atoms with E-state index >= 15 is 0 Å². The highest BCUT2D eigenvalue weighted by Gasteiger charge is 2.27. The molecule has 0 bridgehead atoms. The van der Waals surface area contributed by atoms with Gasteiger partial charge in [-0.25, -0.2) is 0 Å². The molecule has 2 aliphatic rings. The lowest BCUT2D eigenvalue weighted by Crippen LogP contribution is -2.55. The molecule has 1 heterocycles. The van der Waals surface area contributed by atoms with Gasteiger partial charge in [0.1, 0.15) is 0 Å². The van der Waals surface area contributed by atoms with Gasteiger partial charge in [0, 0.05) is 49.0 Å². The molecule has 23 heavy (non-hydrogen) atoms.